The van der Waals surface area contributed by atoms with Crippen molar-refractivity contribution in [2.45, 2.75) is 250 Å². The third kappa shape index (κ3) is 9.39. The molecule has 10 heteroatoms. The first kappa shape index (κ1) is 58.9. The minimum Gasteiger partial charge on any atom is -0.508 e. The summed E-state index contributed by atoms with van der Waals surface area (Å²) in [6.45, 7) is 14.8. The summed E-state index contributed by atoms with van der Waals surface area (Å²) in [6, 6.07) is 12.6. The van der Waals surface area contributed by atoms with Gasteiger partial charge in [0.05, 0.1) is 17.3 Å². The molecule has 13 rings (SSSR count). The number of carbonyl (C=O) groups excluding carboxylic acids is 2. The Labute approximate surface area is 498 Å². The number of rotatable bonds is 11. The van der Waals surface area contributed by atoms with E-state index in [2.05, 4.69) is 69.5 Å². The standard InChI is InChI=1S/C73H107N3O7/c1-42(2)29-43-30-47(34-51(74)32-43)53-19-14-20-56(53)71(6)67(83-71)64(80)54-24-22-46-16-13-15-45-21-23-50(40-77)73-37-58-65-69(4,28-12-11-27-68(3,82)41-76-58)66(81)55(48-31-44(39-75-7)33-52(78)35-48)36-72(65,49-17-9-8-10-18-49)60(73)26-25-57-63(62(54)61(45)46)59(79)38-70(57,73)5/h30-35,42,45-46,49-50,53-56,58,60-62,64-65,67,75-78,80,82H,8-29,36-41,74H2,1-7H3/t45-,46-,50+,53-,54+,55+,56+,58-,60+,61+,62-,64+,65-,67+,68+,69+,70-,71+,72+,73+/m0/s1. The second-order valence-electron chi connectivity index (χ2n) is 32.0. The highest BCUT2D eigenvalue weighted by Gasteiger charge is 2.78. The van der Waals surface area contributed by atoms with E-state index in [0.717, 1.165) is 144 Å². The number of benzene rings is 2. The Morgan fingerprint density at radius 1 is 0.795 bits per heavy atom. The van der Waals surface area contributed by atoms with Crippen LogP contribution in [0.4, 0.5) is 5.69 Å². The number of anilines is 1. The SMILES string of the molecule is CNCc1cc(O)cc([C@H]2C[C@@]3(C4CCCCC4)[C@H]4CCC5=C6C(=O)C[C@]5(C)[C@]4(C[C@@H]4NC[C@](C)(O)CCCC[C@@](C)(C2=O)[C@H]43)[C@@H](CO)CC[C@@H]2CCC[C@H]3CC[C@@H]([C@@H](O)[C@H]4O[C@]4(C)[C@@H]4CCC[C@H]4c4cc(N)cc(CC(C)C)c4)[C@H]6[C@@H]32)c1. The molecule has 4 bridgehead atoms. The number of fused-ring (bicyclic) bond motifs is 2. The molecule has 7 saturated carbocycles. The van der Waals surface area contributed by atoms with Gasteiger partial charge in [0.1, 0.15) is 17.6 Å². The van der Waals surface area contributed by atoms with Crippen LogP contribution in [0.25, 0.3) is 0 Å². The van der Waals surface area contributed by atoms with Gasteiger partial charge in [-0.1, -0.05) is 103 Å². The topological polar surface area (TPSA) is 178 Å². The fourth-order valence-corrected chi connectivity index (χ4v) is 24.3. The number of aromatic hydroxyl groups is 1. The van der Waals surface area contributed by atoms with Gasteiger partial charge in [0.25, 0.3) is 0 Å². The zero-order chi connectivity index (χ0) is 58.2. The average molecular weight is 1140 g/mol. The molecule has 2 aromatic carbocycles. The number of nitrogen functional groups attached to an aromatic ring is 1. The van der Waals surface area contributed by atoms with Crippen molar-refractivity contribution in [3.05, 3.63) is 69.8 Å². The van der Waals surface area contributed by atoms with Gasteiger partial charge in [-0.25, -0.2) is 0 Å². The first-order valence-corrected chi connectivity index (χ1v) is 34.3. The lowest BCUT2D eigenvalue weighted by Crippen LogP contribution is -2.75. The van der Waals surface area contributed by atoms with E-state index in [-0.39, 0.29) is 65.4 Å². The number of Topliss-reactive ketones (excluding diaryl/α,β-unsaturated/α-hetero) is 2. The van der Waals surface area contributed by atoms with Gasteiger partial charge in [0, 0.05) is 54.6 Å². The number of nitrogens with two attached hydrogens (primary N) is 1. The van der Waals surface area contributed by atoms with Crippen LogP contribution in [-0.2, 0) is 27.3 Å². The molecule has 9 aliphatic carbocycles. The van der Waals surface area contributed by atoms with Crippen LogP contribution < -0.4 is 16.4 Å². The predicted octanol–water partition coefficient (Wildman–Crippen LogP) is 13.1. The Kier molecular flexibility index (Phi) is 15.5. The van der Waals surface area contributed by atoms with E-state index in [9.17, 15) is 20.4 Å². The number of ether oxygens (including phenoxy) is 1. The van der Waals surface area contributed by atoms with Crippen molar-refractivity contribution in [1.82, 2.24) is 10.6 Å². The van der Waals surface area contributed by atoms with Crippen LogP contribution in [0.5, 0.6) is 5.75 Å². The fraction of sp³-hybridized carbons (Fsp3) is 0.781. The number of carbonyl (C=O) groups is 2. The molecule has 11 aliphatic rings. The molecule has 456 valence electrons. The van der Waals surface area contributed by atoms with E-state index in [1.54, 1.807) is 0 Å². The number of phenols is 1. The minimum atomic E-state index is -0.928. The number of allylic oxidation sites excluding steroid dienone is 2. The summed E-state index contributed by atoms with van der Waals surface area (Å²) in [7, 11) is 1.94. The second-order valence-corrected chi connectivity index (χ2v) is 32.0. The number of ketones is 2. The van der Waals surface area contributed by atoms with Crippen molar-refractivity contribution in [2.75, 3.05) is 25.9 Å². The van der Waals surface area contributed by atoms with E-state index >= 15 is 9.59 Å². The molecule has 83 heavy (non-hydrogen) atoms. The molecule has 0 aromatic heterocycles. The lowest BCUT2D eigenvalue weighted by Gasteiger charge is -2.75. The molecule has 10 nitrogen and oxygen atoms in total. The van der Waals surface area contributed by atoms with Gasteiger partial charge in [0.15, 0.2) is 5.78 Å². The minimum absolute atomic E-state index is 0.00377. The van der Waals surface area contributed by atoms with Gasteiger partial charge in [-0.3, -0.25) is 9.59 Å². The fourth-order valence-electron chi connectivity index (χ4n) is 24.3. The maximum Gasteiger partial charge on any atom is 0.160 e. The first-order valence-electron chi connectivity index (χ1n) is 34.3. The molecule has 0 amide bonds. The number of hydrogen-bond acceptors (Lipinski definition) is 10. The summed E-state index contributed by atoms with van der Waals surface area (Å²) in [5, 5.41) is 57.6. The van der Waals surface area contributed by atoms with E-state index in [1.807, 2.05) is 26.1 Å². The monoisotopic (exact) mass is 1140 g/mol. The number of nitrogens with one attached hydrogen (secondary N) is 2. The van der Waals surface area contributed by atoms with Gasteiger partial charge in [0.2, 0.25) is 0 Å². The maximum absolute atomic E-state index is 16.4. The summed E-state index contributed by atoms with van der Waals surface area (Å²) in [5.74, 6) is 3.03. The highest BCUT2D eigenvalue weighted by molar-refractivity contribution is 6.01. The van der Waals surface area contributed by atoms with Crippen LogP contribution in [-0.4, -0.2) is 81.6 Å². The molecule has 9 fully saturated rings. The van der Waals surface area contributed by atoms with E-state index in [0.29, 0.717) is 79.4 Å². The lowest BCUT2D eigenvalue weighted by atomic mass is 9.29. The number of epoxide rings is 1. The number of aliphatic hydroxyl groups excluding tert-OH is 2. The second kappa shape index (κ2) is 21.9. The maximum atomic E-state index is 16.4. The molecular weight excluding hydrogens is 1030 g/mol. The van der Waals surface area contributed by atoms with Crippen molar-refractivity contribution >= 4 is 17.3 Å². The Balaban J connectivity index is 0.959. The van der Waals surface area contributed by atoms with E-state index in [4.69, 9.17) is 10.5 Å². The number of hydrogen-bond donors (Lipinski definition) is 7. The number of β-amino-alcohol motifs (C(OH)–C–C–N with tert-alkyl or cyclic N) is 1. The van der Waals surface area contributed by atoms with E-state index < -0.39 is 39.5 Å². The molecule has 0 unspecified atom stereocenters. The largest absolute Gasteiger partial charge is 0.508 e. The average Bonchev–Trinajstić information content (AvgIpc) is 1.62. The summed E-state index contributed by atoms with van der Waals surface area (Å²) in [5.41, 5.74) is 11.0. The molecule has 8 N–H and O–H groups in total. The zero-order valence-electron chi connectivity index (χ0n) is 52.1. The third-order valence-corrected chi connectivity index (χ3v) is 27.2. The van der Waals surface area contributed by atoms with Gasteiger partial charge in [-0.05, 0) is 251 Å². The van der Waals surface area contributed by atoms with Gasteiger partial charge >= 0.3 is 0 Å². The van der Waals surface area contributed by atoms with E-state index in [1.165, 1.54) is 36.0 Å². The molecule has 2 aliphatic heterocycles. The lowest BCUT2D eigenvalue weighted by molar-refractivity contribution is -0.250. The smallest absolute Gasteiger partial charge is 0.160 e. The normalized spacial score (nSPS) is 44.9. The molecule has 1 spiro atoms. The summed E-state index contributed by atoms with van der Waals surface area (Å²) < 4.78 is 7.07. The molecule has 2 saturated heterocycles. The molecule has 2 aromatic rings. The van der Waals surface area contributed by atoms with Crippen molar-refractivity contribution in [3.8, 4) is 5.75 Å². The van der Waals surface area contributed by atoms with Crippen molar-refractivity contribution < 1.29 is 34.8 Å². The number of aliphatic hydroxyl groups is 3. The van der Waals surface area contributed by atoms with Crippen LogP contribution in [0.1, 0.15) is 230 Å². The molecule has 2 heterocycles. The van der Waals surface area contributed by atoms with Crippen LogP contribution in [0.3, 0.4) is 0 Å². The Morgan fingerprint density at radius 3 is 2.28 bits per heavy atom. The summed E-state index contributed by atoms with van der Waals surface area (Å²) in [6.07, 6.45) is 23.2. The quantitative estimate of drug-likeness (QED) is 0.0846. The number of phenolic OH excluding ortho intramolecular Hbond substituents is 1. The van der Waals surface area contributed by atoms with Gasteiger partial charge < -0.3 is 41.5 Å². The predicted molar refractivity (Wildman–Crippen MR) is 328 cm³/mol. The third-order valence-electron chi connectivity index (χ3n) is 27.2. The van der Waals surface area contributed by atoms with Gasteiger partial charge in [-0.2, -0.15) is 0 Å². The molecular formula is C73H107N3O7. The van der Waals surface area contributed by atoms with Crippen LogP contribution in [0.15, 0.2) is 47.5 Å². The zero-order valence-corrected chi connectivity index (χ0v) is 52.1. The Hall–Kier alpha value is -3.12. The Bertz CT molecular complexity index is 2820. The summed E-state index contributed by atoms with van der Waals surface area (Å²) >= 11 is 0. The van der Waals surface area contributed by atoms with Crippen LogP contribution >= 0.6 is 0 Å². The highest BCUT2D eigenvalue weighted by Crippen LogP contribution is 2.81. The molecule has 20 atom stereocenters. The van der Waals surface area contributed by atoms with Crippen molar-refractivity contribution in [2.24, 2.45) is 86.8 Å². The van der Waals surface area contributed by atoms with Crippen molar-refractivity contribution in [3.63, 3.8) is 0 Å². The Morgan fingerprint density at radius 2 is 1.53 bits per heavy atom. The molecule has 0 radical (unpaired) electrons. The highest BCUT2D eigenvalue weighted by atomic mass is 16.6. The van der Waals surface area contributed by atoms with Crippen molar-refractivity contribution in [1.29, 1.82) is 0 Å². The van der Waals surface area contributed by atoms with Gasteiger partial charge in [-0.15, -0.1) is 0 Å². The van der Waals surface area contributed by atoms with Crippen LogP contribution in [0.2, 0.25) is 0 Å². The van der Waals surface area contributed by atoms with Crippen LogP contribution in [0, 0.1) is 86.8 Å². The summed E-state index contributed by atoms with van der Waals surface area (Å²) in [4.78, 5) is 32.8. The first-order chi connectivity index (χ1) is 39.7.